The van der Waals surface area contributed by atoms with Crippen LogP contribution in [0.2, 0.25) is 0 Å². The van der Waals surface area contributed by atoms with Gasteiger partial charge in [0.05, 0.1) is 14.2 Å². The van der Waals surface area contributed by atoms with Gasteiger partial charge in [0.25, 0.3) is 0 Å². The number of halogens is 4. The van der Waals surface area contributed by atoms with E-state index in [-0.39, 0.29) is 23.1 Å². The molecule has 0 aliphatic carbocycles. The molecule has 3 rings (SSSR count). The molecule has 0 amide bonds. The number of hydrogen-bond donors (Lipinski definition) is 0. The first kappa shape index (κ1) is 20.1. The average molecular weight is 407 g/mol. The van der Waals surface area contributed by atoms with Gasteiger partial charge in [0.1, 0.15) is 0 Å². The number of methoxy groups -OCH3 is 2. The Bertz CT molecular complexity index is 1040. The van der Waals surface area contributed by atoms with Gasteiger partial charge >= 0.3 is 0 Å². The van der Waals surface area contributed by atoms with E-state index in [1.807, 2.05) is 0 Å². The van der Waals surface area contributed by atoms with E-state index in [1.54, 1.807) is 6.07 Å². The second kappa shape index (κ2) is 8.17. The molecule has 0 aliphatic heterocycles. The molecule has 0 spiro atoms. The quantitative estimate of drug-likeness (QED) is 0.337. The maximum Gasteiger partial charge on any atom is 0.219 e. The summed E-state index contributed by atoms with van der Waals surface area (Å²) < 4.78 is 68.9. The summed E-state index contributed by atoms with van der Waals surface area (Å²) in [7, 11) is 2.88. The van der Waals surface area contributed by atoms with Crippen LogP contribution in [-0.4, -0.2) is 25.0 Å². The molecule has 2 aromatic carbocycles. The third kappa shape index (κ3) is 3.98. The fourth-order valence-electron chi connectivity index (χ4n) is 2.46. The van der Waals surface area contributed by atoms with Crippen LogP contribution in [0, 0.1) is 23.3 Å². The Morgan fingerprint density at radius 2 is 1.45 bits per heavy atom. The number of pyridine rings is 1. The molecule has 0 aliphatic rings. The summed E-state index contributed by atoms with van der Waals surface area (Å²) in [5.74, 6) is -7.88. The molecule has 0 bridgehead atoms. The molecule has 3 aromatic rings. The lowest BCUT2D eigenvalue weighted by Gasteiger charge is -2.10. The van der Waals surface area contributed by atoms with Gasteiger partial charge in [-0.1, -0.05) is 0 Å². The Hall–Kier alpha value is -3.62. The van der Waals surface area contributed by atoms with Crippen LogP contribution in [0.5, 0.6) is 23.1 Å². The molecule has 0 saturated heterocycles. The molecule has 150 valence electrons. The second-order valence-corrected chi connectivity index (χ2v) is 5.68. The van der Waals surface area contributed by atoms with Gasteiger partial charge in [-0.3, -0.25) is 4.79 Å². The number of carbonyl (C=O) groups excluding carboxylic acids is 1. The molecule has 0 fully saturated rings. The van der Waals surface area contributed by atoms with Crippen LogP contribution >= 0.6 is 0 Å². The summed E-state index contributed by atoms with van der Waals surface area (Å²) in [5.41, 5.74) is 0.415. The molecular weight excluding hydrogens is 394 g/mol. The fourth-order valence-corrected chi connectivity index (χ4v) is 2.46. The van der Waals surface area contributed by atoms with Crippen molar-refractivity contribution in [3.05, 3.63) is 77.0 Å². The Labute approximate surface area is 162 Å². The van der Waals surface area contributed by atoms with Crippen molar-refractivity contribution in [1.29, 1.82) is 0 Å². The Morgan fingerprint density at radius 3 is 2.00 bits per heavy atom. The van der Waals surface area contributed by atoms with Gasteiger partial charge in [0.2, 0.25) is 23.3 Å². The number of nitrogens with zero attached hydrogens (tertiary/aromatic N) is 1. The molecule has 0 saturated carbocycles. The first-order chi connectivity index (χ1) is 13.8. The van der Waals surface area contributed by atoms with E-state index in [2.05, 4.69) is 4.98 Å². The highest BCUT2D eigenvalue weighted by atomic mass is 19.2. The van der Waals surface area contributed by atoms with Crippen LogP contribution in [0.4, 0.5) is 17.6 Å². The van der Waals surface area contributed by atoms with Crippen molar-refractivity contribution in [3.8, 4) is 23.1 Å². The Kier molecular flexibility index (Phi) is 5.67. The van der Waals surface area contributed by atoms with Crippen molar-refractivity contribution in [2.24, 2.45) is 0 Å². The van der Waals surface area contributed by atoms with Gasteiger partial charge < -0.3 is 14.2 Å². The van der Waals surface area contributed by atoms with Gasteiger partial charge in [-0.25, -0.2) is 13.8 Å². The third-order valence-corrected chi connectivity index (χ3v) is 3.92. The first-order valence-corrected chi connectivity index (χ1v) is 8.09. The topological polar surface area (TPSA) is 57.7 Å². The largest absolute Gasteiger partial charge is 0.493 e. The van der Waals surface area contributed by atoms with Crippen molar-refractivity contribution in [2.75, 3.05) is 14.2 Å². The van der Waals surface area contributed by atoms with E-state index in [4.69, 9.17) is 14.2 Å². The van der Waals surface area contributed by atoms with Crippen molar-refractivity contribution >= 4 is 5.78 Å². The number of hydrogen-bond acceptors (Lipinski definition) is 5. The second-order valence-electron chi connectivity index (χ2n) is 5.68. The lowest BCUT2D eigenvalue weighted by atomic mass is 10.0. The summed E-state index contributed by atoms with van der Waals surface area (Å²) in [5, 5.41) is 0. The number of rotatable bonds is 6. The molecule has 0 radical (unpaired) electrons. The number of benzene rings is 2. The van der Waals surface area contributed by atoms with Gasteiger partial charge in [-0.05, 0) is 24.3 Å². The zero-order valence-corrected chi connectivity index (χ0v) is 15.1. The minimum atomic E-state index is -1.70. The van der Waals surface area contributed by atoms with Gasteiger partial charge in [-0.2, -0.15) is 8.78 Å². The molecule has 0 atom stereocenters. The van der Waals surface area contributed by atoms with Gasteiger partial charge in [0, 0.05) is 29.5 Å². The minimum Gasteiger partial charge on any atom is -0.493 e. The fraction of sp³-hybridized carbons (Fsp3) is 0.100. The van der Waals surface area contributed by atoms with E-state index in [1.165, 1.54) is 32.4 Å². The van der Waals surface area contributed by atoms with Crippen LogP contribution in [0.1, 0.15) is 15.9 Å². The van der Waals surface area contributed by atoms with E-state index in [9.17, 15) is 22.4 Å². The first-order valence-electron chi connectivity index (χ1n) is 8.09. The van der Waals surface area contributed by atoms with Crippen LogP contribution in [0.15, 0.2) is 42.6 Å². The zero-order chi connectivity index (χ0) is 21.1. The third-order valence-electron chi connectivity index (χ3n) is 3.92. The number of aromatic nitrogens is 1. The van der Waals surface area contributed by atoms with Gasteiger partial charge in [0.15, 0.2) is 28.9 Å². The van der Waals surface area contributed by atoms with Crippen molar-refractivity contribution in [3.63, 3.8) is 0 Å². The summed E-state index contributed by atoms with van der Waals surface area (Å²) in [6, 6.07) is 7.04. The molecule has 9 heteroatoms. The predicted octanol–water partition coefficient (Wildman–Crippen LogP) is 4.68. The monoisotopic (exact) mass is 407 g/mol. The Balaban J connectivity index is 1.85. The van der Waals surface area contributed by atoms with Crippen LogP contribution in [0.3, 0.4) is 0 Å². The van der Waals surface area contributed by atoms with E-state index in [0.717, 1.165) is 12.3 Å². The number of ether oxygens (including phenoxy) is 3. The van der Waals surface area contributed by atoms with Crippen molar-refractivity contribution in [2.45, 2.75) is 0 Å². The smallest absolute Gasteiger partial charge is 0.219 e. The molecular formula is C20H13F4NO4. The zero-order valence-electron chi connectivity index (χ0n) is 15.1. The summed E-state index contributed by atoms with van der Waals surface area (Å²) in [6.07, 6.45) is 1.10. The normalized spacial score (nSPS) is 10.6. The maximum absolute atomic E-state index is 13.7. The highest BCUT2D eigenvalue weighted by Crippen LogP contribution is 2.31. The summed E-state index contributed by atoms with van der Waals surface area (Å²) in [6.45, 7) is 0. The van der Waals surface area contributed by atoms with Crippen LogP contribution < -0.4 is 14.2 Å². The highest BCUT2D eigenvalue weighted by molar-refractivity contribution is 6.09. The SMILES string of the molecule is COc1ccc(C(=O)c2ccc(Oc3c(F)c(F)cc(F)c3F)nc2)cc1OC. The molecule has 1 aromatic heterocycles. The molecule has 5 nitrogen and oxygen atoms in total. The average Bonchev–Trinajstić information content (AvgIpc) is 2.74. The van der Waals surface area contributed by atoms with E-state index < -0.39 is 34.8 Å². The molecule has 1 heterocycles. The molecule has 0 N–H and O–H groups in total. The predicted molar refractivity (Wildman–Crippen MR) is 93.6 cm³/mol. The Morgan fingerprint density at radius 1 is 0.828 bits per heavy atom. The lowest BCUT2D eigenvalue weighted by Crippen LogP contribution is -2.04. The molecule has 29 heavy (non-hydrogen) atoms. The van der Waals surface area contributed by atoms with E-state index in [0.29, 0.717) is 11.5 Å². The van der Waals surface area contributed by atoms with E-state index >= 15 is 0 Å². The van der Waals surface area contributed by atoms with Gasteiger partial charge in [-0.15, -0.1) is 0 Å². The maximum atomic E-state index is 13.7. The standard InChI is InChI=1S/C20H13F4NO4/c1-27-14-5-3-10(7-15(14)28-2)19(26)11-4-6-16(25-9-11)29-20-17(23)12(21)8-13(22)18(20)24/h3-9H,1-2H3. The van der Waals surface area contributed by atoms with Crippen molar-refractivity contribution < 1.29 is 36.6 Å². The number of ketones is 1. The highest BCUT2D eigenvalue weighted by Gasteiger charge is 2.22. The summed E-state index contributed by atoms with van der Waals surface area (Å²) in [4.78, 5) is 16.3. The van der Waals surface area contributed by atoms with Crippen LogP contribution in [-0.2, 0) is 0 Å². The van der Waals surface area contributed by atoms with Crippen molar-refractivity contribution in [1.82, 2.24) is 4.98 Å². The van der Waals surface area contributed by atoms with Crippen LogP contribution in [0.25, 0.3) is 0 Å². The number of carbonyl (C=O) groups is 1. The summed E-state index contributed by atoms with van der Waals surface area (Å²) >= 11 is 0. The lowest BCUT2D eigenvalue weighted by molar-refractivity contribution is 0.103. The molecule has 0 unspecified atom stereocenters. The minimum absolute atomic E-state index is 0.0653.